The monoisotopic (exact) mass is 861 g/mol. The number of fused-ring (bicyclic) bond motifs is 7. The first-order chi connectivity index (χ1) is 28.5. The number of benzene rings is 5. The van der Waals surface area contributed by atoms with Crippen molar-refractivity contribution in [1.29, 1.82) is 0 Å². The summed E-state index contributed by atoms with van der Waals surface area (Å²) in [6, 6.07) is 33.5. The predicted molar refractivity (Wildman–Crippen MR) is 247 cm³/mol. The van der Waals surface area contributed by atoms with Gasteiger partial charge in [0.05, 0.1) is 22.0 Å². The van der Waals surface area contributed by atoms with Crippen LogP contribution in [-0.2, 0) is 31.1 Å². The van der Waals surface area contributed by atoms with Gasteiger partial charge in [0, 0.05) is 58.6 Å². The van der Waals surface area contributed by atoms with E-state index in [1.165, 1.54) is 21.9 Å². The fourth-order valence-corrected chi connectivity index (χ4v) is 11.1. The van der Waals surface area contributed by atoms with E-state index >= 15 is 0 Å². The van der Waals surface area contributed by atoms with Gasteiger partial charge in [-0.2, -0.15) is 21.4 Å². The van der Waals surface area contributed by atoms with Gasteiger partial charge in [0.25, 0.3) is 20.2 Å². The molecule has 11 heteroatoms. The molecule has 0 atom stereocenters. The Hall–Kier alpha value is -4.84. The van der Waals surface area contributed by atoms with Gasteiger partial charge in [-0.25, -0.2) is 0 Å². The summed E-state index contributed by atoms with van der Waals surface area (Å²) in [6.07, 6.45) is 10.3. The van der Waals surface area contributed by atoms with Crippen LogP contribution in [0.3, 0.4) is 0 Å². The highest BCUT2D eigenvalue weighted by Crippen LogP contribution is 2.52. The van der Waals surface area contributed by atoms with E-state index in [2.05, 4.69) is 134 Å². The van der Waals surface area contributed by atoms with E-state index in [1.807, 2.05) is 24.3 Å². The van der Waals surface area contributed by atoms with Gasteiger partial charge in [-0.05, 0) is 95.6 Å². The molecule has 0 fully saturated rings. The van der Waals surface area contributed by atoms with Gasteiger partial charge in [-0.1, -0.05) is 110 Å². The summed E-state index contributed by atoms with van der Waals surface area (Å²) in [5.41, 5.74) is 9.75. The second-order valence-corrected chi connectivity index (χ2v) is 20.5. The molecular formula is C49H50ClN2O6S2+. The molecule has 0 radical (unpaired) electrons. The summed E-state index contributed by atoms with van der Waals surface area (Å²) >= 11 is 7.45. The summed E-state index contributed by atoms with van der Waals surface area (Å²) in [5.74, 6) is -0.563. The smallest absolute Gasteiger partial charge is 0.264 e. The number of hydrogen-bond acceptors (Lipinski definition) is 5. The summed E-state index contributed by atoms with van der Waals surface area (Å²) in [6.45, 7) is 10.1. The summed E-state index contributed by atoms with van der Waals surface area (Å²) in [4.78, 5) is 2.28. The van der Waals surface area contributed by atoms with Crippen LogP contribution in [0, 0.1) is 0 Å². The fourth-order valence-electron chi connectivity index (χ4n) is 9.65. The molecule has 1 aliphatic carbocycles. The Kier molecular flexibility index (Phi) is 11.1. The van der Waals surface area contributed by atoms with Crippen molar-refractivity contribution in [3.63, 3.8) is 0 Å². The molecule has 0 bridgehead atoms. The molecule has 5 aromatic carbocycles. The van der Waals surface area contributed by atoms with E-state index in [0.717, 1.165) is 55.8 Å². The van der Waals surface area contributed by atoms with Gasteiger partial charge in [0.15, 0.2) is 5.71 Å². The van der Waals surface area contributed by atoms with E-state index in [-0.39, 0.29) is 11.5 Å². The van der Waals surface area contributed by atoms with Gasteiger partial charge in [-0.15, -0.1) is 0 Å². The van der Waals surface area contributed by atoms with Crippen LogP contribution in [-0.4, -0.2) is 60.8 Å². The zero-order valence-corrected chi connectivity index (χ0v) is 36.7. The van der Waals surface area contributed by atoms with Crippen LogP contribution in [0.2, 0.25) is 0 Å². The minimum atomic E-state index is -4.06. The highest BCUT2D eigenvalue weighted by molar-refractivity contribution is 7.86. The predicted octanol–water partition coefficient (Wildman–Crippen LogP) is 11.0. The van der Waals surface area contributed by atoms with Crippen LogP contribution in [0.5, 0.6) is 0 Å². The Morgan fingerprint density at radius 3 is 1.90 bits per heavy atom. The number of halogens is 1. The molecule has 2 heterocycles. The zero-order chi connectivity index (χ0) is 42.6. The normalized spacial score (nSPS) is 18.5. The van der Waals surface area contributed by atoms with Crippen LogP contribution in [0.4, 0.5) is 11.4 Å². The first kappa shape index (κ1) is 41.9. The molecule has 310 valence electrons. The third-order valence-corrected chi connectivity index (χ3v) is 14.4. The van der Waals surface area contributed by atoms with Crippen LogP contribution in [0.1, 0.15) is 75.6 Å². The number of hydrogen-bond donors (Lipinski definition) is 2. The van der Waals surface area contributed by atoms with Crippen molar-refractivity contribution in [1.82, 2.24) is 0 Å². The minimum absolute atomic E-state index is 0.282. The molecular weight excluding hydrogens is 812 g/mol. The Morgan fingerprint density at radius 1 is 0.650 bits per heavy atom. The topological polar surface area (TPSA) is 115 Å². The highest BCUT2D eigenvalue weighted by Gasteiger charge is 2.46. The lowest BCUT2D eigenvalue weighted by Crippen LogP contribution is -2.28. The van der Waals surface area contributed by atoms with Crippen LogP contribution >= 0.6 is 11.6 Å². The molecule has 0 amide bonds. The summed E-state index contributed by atoms with van der Waals surface area (Å²) in [7, 11) is -8.12. The molecule has 60 heavy (non-hydrogen) atoms. The van der Waals surface area contributed by atoms with E-state index in [4.69, 9.17) is 11.6 Å². The molecule has 0 aromatic heterocycles. The van der Waals surface area contributed by atoms with Crippen LogP contribution in [0.25, 0.3) is 32.7 Å². The molecule has 8 nitrogen and oxygen atoms in total. The van der Waals surface area contributed by atoms with Crippen molar-refractivity contribution in [3.8, 4) is 0 Å². The summed E-state index contributed by atoms with van der Waals surface area (Å²) in [5, 5.41) is 5.27. The standard InChI is InChI=1S/C49H49ClN2O6S2/c1-48(2)43(51(29-11-13-31-59(53,54)55)41-25-21-33-15-5-7-17-35(33)45(41)48)27-23-39-37-19-9-10-20-38(37)40(47(39)50)24-28-44-49(3,4)46-36-18-8-6-16-34(36)22-26-42(46)52(44)30-12-14-32-60(56,57)58/h5-10,15-28H,11-14,29-32H2,1-4H3,(H-,53,54,55,56,57,58)/p+1. The Labute approximate surface area is 358 Å². The van der Waals surface area contributed by atoms with E-state index in [1.54, 1.807) is 0 Å². The van der Waals surface area contributed by atoms with Gasteiger partial charge in [0.2, 0.25) is 5.69 Å². The van der Waals surface area contributed by atoms with Gasteiger partial charge in [0.1, 0.15) is 6.54 Å². The van der Waals surface area contributed by atoms with Crippen molar-refractivity contribution in [2.45, 2.75) is 64.2 Å². The van der Waals surface area contributed by atoms with Crippen molar-refractivity contribution in [3.05, 3.63) is 154 Å². The SMILES string of the molecule is CC1(C)C(=CC=C2C(Cl)=C(C=CC3=[N+](CCCCS(=O)(=O)O)c4ccc5ccccc5c4C3(C)C)c3ccccc32)N(CCCCS(=O)(=O)O)c2ccc3ccccc3c21. The Balaban J connectivity index is 1.20. The lowest BCUT2D eigenvalue weighted by atomic mass is 9.79. The maximum atomic E-state index is 11.6. The third-order valence-electron chi connectivity index (χ3n) is 12.4. The molecule has 8 rings (SSSR count). The molecule has 0 spiro atoms. The van der Waals surface area contributed by atoms with Crippen molar-refractivity contribution < 1.29 is 30.5 Å². The Bertz CT molecular complexity index is 2960. The van der Waals surface area contributed by atoms with Crippen molar-refractivity contribution >= 4 is 81.6 Å². The maximum Gasteiger partial charge on any atom is 0.264 e. The van der Waals surface area contributed by atoms with Gasteiger partial charge < -0.3 is 4.90 Å². The molecule has 0 unspecified atom stereocenters. The number of rotatable bonds is 13. The number of nitrogens with zero attached hydrogens (tertiary/aromatic N) is 2. The number of anilines is 1. The van der Waals surface area contributed by atoms with E-state index < -0.39 is 31.1 Å². The highest BCUT2D eigenvalue weighted by atomic mass is 35.5. The molecule has 0 saturated carbocycles. The molecule has 3 aliphatic rings. The molecule has 2 aliphatic heterocycles. The van der Waals surface area contributed by atoms with Gasteiger partial charge in [-0.3, -0.25) is 9.11 Å². The average Bonchev–Trinajstić information content (AvgIpc) is 3.69. The number of unbranched alkanes of at least 4 members (excludes halogenated alkanes) is 2. The first-order valence-electron chi connectivity index (χ1n) is 20.4. The molecule has 5 aromatic rings. The van der Waals surface area contributed by atoms with Crippen LogP contribution < -0.4 is 4.90 Å². The third kappa shape index (κ3) is 7.80. The average molecular weight is 863 g/mol. The lowest BCUT2D eigenvalue weighted by molar-refractivity contribution is -0.438. The van der Waals surface area contributed by atoms with Crippen molar-refractivity contribution in [2.24, 2.45) is 0 Å². The quantitative estimate of drug-likeness (QED) is 0.0688. The summed E-state index contributed by atoms with van der Waals surface area (Å²) < 4.78 is 67.4. The van der Waals surface area contributed by atoms with Crippen molar-refractivity contribution in [2.75, 3.05) is 29.5 Å². The first-order valence-corrected chi connectivity index (χ1v) is 24.0. The lowest BCUT2D eigenvalue weighted by Gasteiger charge is -2.27. The molecule has 0 saturated heterocycles. The minimum Gasteiger partial charge on any atom is -0.344 e. The van der Waals surface area contributed by atoms with Crippen LogP contribution in [0.15, 0.2) is 132 Å². The molecule has 2 N–H and O–H groups in total. The van der Waals surface area contributed by atoms with E-state index in [9.17, 15) is 25.9 Å². The maximum absolute atomic E-state index is 11.6. The second kappa shape index (κ2) is 15.9. The second-order valence-electron chi connectivity index (χ2n) is 17.0. The van der Waals surface area contributed by atoms with E-state index in [0.29, 0.717) is 43.8 Å². The fraction of sp³-hybridized carbons (Fsp3) is 0.286. The Morgan fingerprint density at radius 2 is 1.23 bits per heavy atom. The largest absolute Gasteiger partial charge is 0.344 e. The van der Waals surface area contributed by atoms with Gasteiger partial charge >= 0.3 is 0 Å². The zero-order valence-electron chi connectivity index (χ0n) is 34.3. The number of allylic oxidation sites excluding steroid dienone is 8.